The van der Waals surface area contributed by atoms with Crippen molar-refractivity contribution in [3.8, 4) is 0 Å². The van der Waals surface area contributed by atoms with E-state index in [0.717, 1.165) is 19.3 Å². The first-order chi connectivity index (χ1) is 9.70. The molecule has 0 aromatic rings. The zero-order chi connectivity index (χ0) is 15.1. The Bertz CT molecular complexity index is 275. The van der Waals surface area contributed by atoms with Crippen molar-refractivity contribution >= 4 is 11.8 Å². The van der Waals surface area contributed by atoms with E-state index in [2.05, 4.69) is 6.58 Å². The highest BCUT2D eigenvalue weighted by molar-refractivity contribution is 5.78. The fraction of sp³-hybridized carbons (Fsp3) is 0.733. The van der Waals surface area contributed by atoms with Crippen LogP contribution in [0.4, 0.5) is 0 Å². The minimum absolute atomic E-state index is 0.0330. The maximum Gasteiger partial charge on any atom is 0.305 e. The van der Waals surface area contributed by atoms with Crippen LogP contribution in [0.15, 0.2) is 12.7 Å². The average Bonchev–Trinajstić information content (AvgIpc) is 2.44. The second-order valence-electron chi connectivity index (χ2n) is 4.48. The van der Waals surface area contributed by atoms with Gasteiger partial charge in [0, 0.05) is 19.3 Å². The van der Waals surface area contributed by atoms with Crippen molar-refractivity contribution in [3.63, 3.8) is 0 Å². The molecule has 5 heteroatoms. The fourth-order valence-corrected chi connectivity index (χ4v) is 1.61. The smallest absolute Gasteiger partial charge is 0.305 e. The molecule has 0 heterocycles. The molecule has 0 rings (SSSR count). The number of carbonyl (C=O) groups is 2. The van der Waals surface area contributed by atoms with Gasteiger partial charge in [-0.2, -0.15) is 0 Å². The van der Waals surface area contributed by atoms with Crippen LogP contribution in [0.25, 0.3) is 0 Å². The second-order valence-corrected chi connectivity index (χ2v) is 4.48. The maximum absolute atomic E-state index is 11.4. The summed E-state index contributed by atoms with van der Waals surface area (Å²) in [6.07, 6.45) is 6.40. The van der Waals surface area contributed by atoms with Gasteiger partial charge in [-0.25, -0.2) is 0 Å². The third-order valence-electron chi connectivity index (χ3n) is 2.68. The van der Waals surface area contributed by atoms with Crippen LogP contribution >= 0.6 is 0 Å². The van der Waals surface area contributed by atoms with Crippen molar-refractivity contribution in [3.05, 3.63) is 12.7 Å². The Balaban J connectivity index is 3.34. The predicted molar refractivity (Wildman–Crippen MR) is 76.4 cm³/mol. The normalized spacial score (nSPS) is 10.2. The molecular weight excluding hydrogens is 260 g/mol. The lowest BCUT2D eigenvalue weighted by Crippen LogP contribution is -2.12. The van der Waals surface area contributed by atoms with Gasteiger partial charge in [0.1, 0.15) is 12.4 Å². The standard InChI is InChI=1S/C15H26O5/c1-2-3-4-7-14(17)8-5-6-9-15(18)20-13-12-19-11-10-16/h2,16H,1,3-13H2. The maximum atomic E-state index is 11.4. The van der Waals surface area contributed by atoms with Gasteiger partial charge in [-0.05, 0) is 25.7 Å². The monoisotopic (exact) mass is 286 g/mol. The minimum Gasteiger partial charge on any atom is -0.463 e. The van der Waals surface area contributed by atoms with Crippen LogP contribution in [-0.2, 0) is 19.1 Å². The Hall–Kier alpha value is -1.20. The Morgan fingerprint density at radius 3 is 2.40 bits per heavy atom. The highest BCUT2D eigenvalue weighted by Crippen LogP contribution is 2.06. The number of hydrogen-bond acceptors (Lipinski definition) is 5. The van der Waals surface area contributed by atoms with Gasteiger partial charge in [0.2, 0.25) is 0 Å². The molecule has 0 aliphatic carbocycles. The molecule has 116 valence electrons. The van der Waals surface area contributed by atoms with E-state index >= 15 is 0 Å². The molecule has 0 saturated heterocycles. The van der Waals surface area contributed by atoms with Gasteiger partial charge in [-0.3, -0.25) is 9.59 Å². The number of esters is 1. The molecule has 0 spiro atoms. The molecule has 0 aliphatic rings. The van der Waals surface area contributed by atoms with Gasteiger partial charge in [0.15, 0.2) is 0 Å². The lowest BCUT2D eigenvalue weighted by atomic mass is 10.1. The van der Waals surface area contributed by atoms with Crippen LogP contribution < -0.4 is 0 Å². The largest absolute Gasteiger partial charge is 0.463 e. The number of aliphatic hydroxyl groups excluding tert-OH is 1. The number of aliphatic hydroxyl groups is 1. The summed E-state index contributed by atoms with van der Waals surface area (Å²) in [7, 11) is 0. The lowest BCUT2D eigenvalue weighted by Gasteiger charge is -2.05. The van der Waals surface area contributed by atoms with Crippen LogP contribution in [0.2, 0.25) is 0 Å². The van der Waals surface area contributed by atoms with E-state index in [1.807, 2.05) is 6.08 Å². The summed E-state index contributed by atoms with van der Waals surface area (Å²) in [5.74, 6) is -0.0191. The summed E-state index contributed by atoms with van der Waals surface area (Å²) < 4.78 is 9.89. The van der Waals surface area contributed by atoms with Crippen molar-refractivity contribution < 1.29 is 24.2 Å². The van der Waals surface area contributed by atoms with Crippen LogP contribution in [-0.4, -0.2) is 43.3 Å². The Labute approximate surface area is 121 Å². The van der Waals surface area contributed by atoms with Gasteiger partial charge < -0.3 is 14.6 Å². The zero-order valence-corrected chi connectivity index (χ0v) is 12.1. The summed E-state index contributed by atoms with van der Waals surface area (Å²) in [5.41, 5.74) is 0. The van der Waals surface area contributed by atoms with E-state index in [1.54, 1.807) is 0 Å². The summed E-state index contributed by atoms with van der Waals surface area (Å²) in [6.45, 7) is 4.34. The van der Waals surface area contributed by atoms with Gasteiger partial charge in [0.05, 0.1) is 19.8 Å². The first kappa shape index (κ1) is 18.8. The van der Waals surface area contributed by atoms with Crippen LogP contribution in [0, 0.1) is 0 Å². The molecule has 0 aliphatic heterocycles. The van der Waals surface area contributed by atoms with E-state index in [0.29, 0.717) is 32.3 Å². The average molecular weight is 286 g/mol. The lowest BCUT2D eigenvalue weighted by molar-refractivity contribution is -0.145. The van der Waals surface area contributed by atoms with Crippen molar-refractivity contribution in [2.24, 2.45) is 0 Å². The van der Waals surface area contributed by atoms with E-state index in [9.17, 15) is 9.59 Å². The second kappa shape index (κ2) is 14.2. The molecule has 5 nitrogen and oxygen atoms in total. The van der Waals surface area contributed by atoms with Crippen molar-refractivity contribution in [2.45, 2.75) is 44.9 Å². The molecule has 0 aromatic heterocycles. The zero-order valence-electron chi connectivity index (χ0n) is 12.1. The Kier molecular flexibility index (Phi) is 13.4. The highest BCUT2D eigenvalue weighted by atomic mass is 16.6. The van der Waals surface area contributed by atoms with Gasteiger partial charge >= 0.3 is 5.97 Å². The third-order valence-corrected chi connectivity index (χ3v) is 2.68. The van der Waals surface area contributed by atoms with Crippen LogP contribution in [0.5, 0.6) is 0 Å². The van der Waals surface area contributed by atoms with Crippen LogP contribution in [0.3, 0.4) is 0 Å². The first-order valence-electron chi connectivity index (χ1n) is 7.17. The van der Waals surface area contributed by atoms with Crippen molar-refractivity contribution in [1.82, 2.24) is 0 Å². The number of allylic oxidation sites excluding steroid dienone is 1. The summed E-state index contributed by atoms with van der Waals surface area (Å²) >= 11 is 0. The topological polar surface area (TPSA) is 72.8 Å². The predicted octanol–water partition coefficient (Wildman–Crippen LogP) is 2.02. The summed E-state index contributed by atoms with van der Waals surface area (Å²) in [4.78, 5) is 22.8. The molecule has 0 unspecified atom stereocenters. The third kappa shape index (κ3) is 13.2. The molecule has 0 radical (unpaired) electrons. The Morgan fingerprint density at radius 2 is 1.70 bits per heavy atom. The SMILES string of the molecule is C=CCCCC(=O)CCCCC(=O)OCCOCCO. The molecule has 0 bridgehead atoms. The number of ketones is 1. The minimum atomic E-state index is -0.267. The summed E-state index contributed by atoms with van der Waals surface area (Å²) in [6, 6.07) is 0. The quantitative estimate of drug-likeness (QED) is 0.300. The van der Waals surface area contributed by atoms with E-state index in [1.165, 1.54) is 0 Å². The molecular formula is C15H26O5. The van der Waals surface area contributed by atoms with E-state index in [-0.39, 0.29) is 31.6 Å². The number of ether oxygens (including phenoxy) is 2. The van der Waals surface area contributed by atoms with E-state index < -0.39 is 0 Å². The Morgan fingerprint density at radius 1 is 1.00 bits per heavy atom. The number of carbonyl (C=O) groups excluding carboxylic acids is 2. The number of rotatable bonds is 14. The van der Waals surface area contributed by atoms with Crippen molar-refractivity contribution in [1.29, 1.82) is 0 Å². The van der Waals surface area contributed by atoms with Crippen LogP contribution in [0.1, 0.15) is 44.9 Å². The molecule has 20 heavy (non-hydrogen) atoms. The molecule has 0 amide bonds. The molecule has 0 atom stereocenters. The molecule has 0 saturated carbocycles. The molecule has 0 aromatic carbocycles. The van der Waals surface area contributed by atoms with Gasteiger partial charge in [0.25, 0.3) is 0 Å². The fourth-order valence-electron chi connectivity index (χ4n) is 1.61. The van der Waals surface area contributed by atoms with E-state index in [4.69, 9.17) is 14.6 Å². The number of Topliss-reactive ketones (excluding diaryl/α,β-unsaturated/α-hetero) is 1. The van der Waals surface area contributed by atoms with Crippen molar-refractivity contribution in [2.75, 3.05) is 26.4 Å². The van der Waals surface area contributed by atoms with Gasteiger partial charge in [-0.15, -0.1) is 6.58 Å². The first-order valence-corrected chi connectivity index (χ1v) is 7.17. The highest BCUT2D eigenvalue weighted by Gasteiger charge is 2.05. The molecule has 0 fully saturated rings. The number of unbranched alkanes of at least 4 members (excludes halogenated alkanes) is 2. The molecule has 1 N–H and O–H groups in total. The number of hydrogen-bond donors (Lipinski definition) is 1. The van der Waals surface area contributed by atoms with Gasteiger partial charge in [-0.1, -0.05) is 6.08 Å². The summed E-state index contributed by atoms with van der Waals surface area (Å²) in [5, 5.41) is 8.47.